The van der Waals surface area contributed by atoms with E-state index in [0.29, 0.717) is 19.0 Å². The highest BCUT2D eigenvalue weighted by Gasteiger charge is 2.16. The molecule has 0 aromatic carbocycles. The molecule has 0 aliphatic carbocycles. The lowest BCUT2D eigenvalue weighted by molar-refractivity contribution is -0.131. The minimum atomic E-state index is -0.324. The van der Waals surface area contributed by atoms with Gasteiger partial charge in [0.2, 0.25) is 5.91 Å². The van der Waals surface area contributed by atoms with Gasteiger partial charge in [-0.3, -0.25) is 9.79 Å². The molecule has 0 spiro atoms. The molecule has 1 atom stereocenters. The van der Waals surface area contributed by atoms with E-state index in [2.05, 4.69) is 10.3 Å². The second-order valence-electron chi connectivity index (χ2n) is 3.49. The Kier molecular flexibility index (Phi) is 6.49. The summed E-state index contributed by atoms with van der Waals surface area (Å²) in [6.07, 6.45) is 0.944. The van der Waals surface area contributed by atoms with Crippen molar-refractivity contribution in [3.05, 3.63) is 0 Å². The summed E-state index contributed by atoms with van der Waals surface area (Å²) in [5.74, 6) is 0.356. The molecule has 0 saturated carbocycles. The predicted octanol–water partition coefficient (Wildman–Crippen LogP) is 0.168. The number of nitrogens with zero attached hydrogens (tertiary/aromatic N) is 2. The van der Waals surface area contributed by atoms with Gasteiger partial charge < -0.3 is 16.0 Å². The molecule has 5 nitrogen and oxygen atoms in total. The van der Waals surface area contributed by atoms with Crippen LogP contribution in [-0.4, -0.2) is 42.9 Å². The SMILES string of the molecule is CCCN=C(N)NC(C)C(=O)N(C)CC. The Morgan fingerprint density at radius 2 is 2.13 bits per heavy atom. The summed E-state index contributed by atoms with van der Waals surface area (Å²) in [4.78, 5) is 17.3. The maximum atomic E-state index is 11.6. The molecule has 88 valence electrons. The van der Waals surface area contributed by atoms with Crippen molar-refractivity contribution in [3.63, 3.8) is 0 Å². The number of amides is 1. The van der Waals surface area contributed by atoms with E-state index in [9.17, 15) is 4.79 Å². The van der Waals surface area contributed by atoms with Crippen LogP contribution in [0.25, 0.3) is 0 Å². The zero-order valence-electron chi connectivity index (χ0n) is 10.1. The third-order valence-corrected chi connectivity index (χ3v) is 2.09. The van der Waals surface area contributed by atoms with E-state index in [4.69, 9.17) is 5.73 Å². The van der Waals surface area contributed by atoms with Crippen LogP contribution in [0.2, 0.25) is 0 Å². The predicted molar refractivity (Wildman–Crippen MR) is 62.7 cm³/mol. The van der Waals surface area contributed by atoms with Gasteiger partial charge in [0, 0.05) is 20.1 Å². The summed E-state index contributed by atoms with van der Waals surface area (Å²) in [5, 5.41) is 2.87. The number of nitrogens with one attached hydrogen (secondary N) is 1. The van der Waals surface area contributed by atoms with Gasteiger partial charge in [-0.15, -0.1) is 0 Å². The number of carbonyl (C=O) groups excluding carboxylic acids is 1. The van der Waals surface area contributed by atoms with Crippen LogP contribution in [0.3, 0.4) is 0 Å². The van der Waals surface area contributed by atoms with Crippen molar-refractivity contribution in [2.75, 3.05) is 20.1 Å². The summed E-state index contributed by atoms with van der Waals surface area (Å²) in [7, 11) is 1.76. The van der Waals surface area contributed by atoms with Crippen molar-refractivity contribution in [3.8, 4) is 0 Å². The second-order valence-corrected chi connectivity index (χ2v) is 3.49. The highest BCUT2D eigenvalue weighted by molar-refractivity contribution is 5.87. The first-order valence-electron chi connectivity index (χ1n) is 5.34. The molecule has 3 N–H and O–H groups in total. The van der Waals surface area contributed by atoms with Gasteiger partial charge in [0.1, 0.15) is 6.04 Å². The molecule has 0 aliphatic rings. The standard InChI is InChI=1S/C10H22N4O/c1-5-7-12-10(11)13-8(3)9(15)14(4)6-2/h8H,5-7H2,1-4H3,(H3,11,12,13). The van der Waals surface area contributed by atoms with Gasteiger partial charge >= 0.3 is 0 Å². The van der Waals surface area contributed by atoms with E-state index >= 15 is 0 Å². The van der Waals surface area contributed by atoms with Gasteiger partial charge in [-0.25, -0.2) is 0 Å². The van der Waals surface area contributed by atoms with Gasteiger partial charge in [0.15, 0.2) is 5.96 Å². The zero-order valence-corrected chi connectivity index (χ0v) is 10.1. The number of hydrogen-bond donors (Lipinski definition) is 2. The lowest BCUT2D eigenvalue weighted by atomic mass is 10.3. The first kappa shape index (κ1) is 13.7. The molecule has 0 bridgehead atoms. The summed E-state index contributed by atoms with van der Waals surface area (Å²) in [5.41, 5.74) is 5.61. The molecule has 0 fully saturated rings. The zero-order chi connectivity index (χ0) is 11.8. The van der Waals surface area contributed by atoms with Crippen molar-refractivity contribution < 1.29 is 4.79 Å². The average Bonchev–Trinajstić information content (AvgIpc) is 2.23. The maximum absolute atomic E-state index is 11.6. The Hall–Kier alpha value is -1.26. The molecular formula is C10H22N4O. The molecule has 5 heteroatoms. The fourth-order valence-corrected chi connectivity index (χ4v) is 1.05. The number of aliphatic imine (C=N–C) groups is 1. The molecular weight excluding hydrogens is 192 g/mol. The summed E-state index contributed by atoms with van der Waals surface area (Å²) >= 11 is 0. The third-order valence-electron chi connectivity index (χ3n) is 2.09. The number of likely N-dealkylation sites (N-methyl/N-ethyl adjacent to an activating group) is 1. The highest BCUT2D eigenvalue weighted by Crippen LogP contribution is 1.91. The summed E-state index contributed by atoms with van der Waals surface area (Å²) in [6.45, 7) is 7.11. The molecule has 0 saturated heterocycles. The van der Waals surface area contributed by atoms with Crippen LogP contribution in [0.15, 0.2) is 4.99 Å². The van der Waals surface area contributed by atoms with Crippen molar-refractivity contribution in [1.82, 2.24) is 10.2 Å². The molecule has 0 heterocycles. The highest BCUT2D eigenvalue weighted by atomic mass is 16.2. The van der Waals surface area contributed by atoms with Crippen LogP contribution in [-0.2, 0) is 4.79 Å². The fraction of sp³-hybridized carbons (Fsp3) is 0.800. The van der Waals surface area contributed by atoms with E-state index in [-0.39, 0.29) is 11.9 Å². The topological polar surface area (TPSA) is 70.7 Å². The van der Waals surface area contributed by atoms with Crippen molar-refractivity contribution in [2.45, 2.75) is 33.2 Å². The van der Waals surface area contributed by atoms with E-state index in [1.165, 1.54) is 0 Å². The molecule has 0 aromatic heterocycles. The quantitative estimate of drug-likeness (QED) is 0.506. The monoisotopic (exact) mass is 214 g/mol. The lowest BCUT2D eigenvalue weighted by Gasteiger charge is -2.20. The van der Waals surface area contributed by atoms with Gasteiger partial charge in [-0.1, -0.05) is 6.92 Å². The molecule has 0 rings (SSSR count). The van der Waals surface area contributed by atoms with Crippen LogP contribution in [0.1, 0.15) is 27.2 Å². The lowest BCUT2D eigenvalue weighted by Crippen LogP contribution is -2.48. The van der Waals surface area contributed by atoms with Gasteiger partial charge in [0.25, 0.3) is 0 Å². The van der Waals surface area contributed by atoms with E-state index < -0.39 is 0 Å². The van der Waals surface area contributed by atoms with Gasteiger partial charge in [-0.2, -0.15) is 0 Å². The average molecular weight is 214 g/mol. The maximum Gasteiger partial charge on any atom is 0.244 e. The molecule has 1 amide bonds. The van der Waals surface area contributed by atoms with Gasteiger partial charge in [-0.05, 0) is 20.3 Å². The van der Waals surface area contributed by atoms with Crippen LogP contribution < -0.4 is 11.1 Å². The normalized spacial score (nSPS) is 13.5. The Labute approximate surface area is 91.7 Å². The molecule has 0 aliphatic heterocycles. The largest absolute Gasteiger partial charge is 0.370 e. The third kappa shape index (κ3) is 5.24. The number of carbonyl (C=O) groups is 1. The van der Waals surface area contributed by atoms with Crippen molar-refractivity contribution in [1.29, 1.82) is 0 Å². The number of hydrogen-bond acceptors (Lipinski definition) is 2. The smallest absolute Gasteiger partial charge is 0.244 e. The van der Waals surface area contributed by atoms with Crippen LogP contribution >= 0.6 is 0 Å². The van der Waals surface area contributed by atoms with Gasteiger partial charge in [0.05, 0.1) is 0 Å². The minimum absolute atomic E-state index is 0.0205. The second kappa shape index (κ2) is 7.09. The molecule has 0 aromatic rings. The molecule has 1 unspecified atom stereocenters. The first-order valence-corrected chi connectivity index (χ1v) is 5.34. The van der Waals surface area contributed by atoms with E-state index in [1.54, 1.807) is 18.9 Å². The van der Waals surface area contributed by atoms with E-state index in [0.717, 1.165) is 6.42 Å². The first-order chi connectivity index (χ1) is 7.02. The summed E-state index contributed by atoms with van der Waals surface area (Å²) in [6, 6.07) is -0.324. The van der Waals surface area contributed by atoms with Crippen LogP contribution in [0, 0.1) is 0 Å². The summed E-state index contributed by atoms with van der Waals surface area (Å²) < 4.78 is 0. The Morgan fingerprint density at radius 3 is 2.60 bits per heavy atom. The van der Waals surface area contributed by atoms with Crippen molar-refractivity contribution >= 4 is 11.9 Å². The van der Waals surface area contributed by atoms with E-state index in [1.807, 2.05) is 13.8 Å². The number of guanidine groups is 1. The fourth-order valence-electron chi connectivity index (χ4n) is 1.05. The Bertz CT molecular complexity index is 227. The van der Waals surface area contributed by atoms with Crippen LogP contribution in [0.5, 0.6) is 0 Å². The molecule has 15 heavy (non-hydrogen) atoms. The van der Waals surface area contributed by atoms with Crippen molar-refractivity contribution in [2.24, 2.45) is 10.7 Å². The minimum Gasteiger partial charge on any atom is -0.370 e. The molecule has 0 radical (unpaired) electrons. The Balaban J connectivity index is 4.12. The number of rotatable bonds is 5. The Morgan fingerprint density at radius 1 is 1.53 bits per heavy atom. The van der Waals surface area contributed by atoms with Crippen LogP contribution in [0.4, 0.5) is 0 Å². The number of nitrogens with two attached hydrogens (primary N) is 1.